The molecule has 160 valence electrons. The third-order valence-corrected chi connectivity index (χ3v) is 5.44. The van der Waals surface area contributed by atoms with Crippen molar-refractivity contribution in [1.82, 2.24) is 29.7 Å². The summed E-state index contributed by atoms with van der Waals surface area (Å²) in [5.74, 6) is 0. The van der Waals surface area contributed by atoms with E-state index in [0.29, 0.717) is 18.5 Å². The van der Waals surface area contributed by atoms with Crippen molar-refractivity contribution >= 4 is 11.0 Å². The monoisotopic (exact) mass is 424 g/mol. The summed E-state index contributed by atoms with van der Waals surface area (Å²) in [7, 11) is 1.59. The molecule has 0 amide bonds. The predicted molar refractivity (Wildman–Crippen MR) is 125 cm³/mol. The molecule has 0 saturated carbocycles. The van der Waals surface area contributed by atoms with Crippen molar-refractivity contribution in [2.45, 2.75) is 26.3 Å². The molecule has 5 rings (SSSR count). The molecule has 0 aliphatic heterocycles. The number of nitrogens with one attached hydrogen (secondary N) is 1. The van der Waals surface area contributed by atoms with Gasteiger partial charge in [-0.15, -0.1) is 0 Å². The molecule has 32 heavy (non-hydrogen) atoms. The lowest BCUT2D eigenvalue weighted by molar-refractivity contribution is 0.379. The summed E-state index contributed by atoms with van der Waals surface area (Å²) in [5.41, 5.74) is 6.69. The maximum Gasteiger partial charge on any atom is 0.316 e. The van der Waals surface area contributed by atoms with Crippen molar-refractivity contribution < 1.29 is 4.74 Å². The van der Waals surface area contributed by atoms with E-state index in [-0.39, 0.29) is 0 Å². The summed E-state index contributed by atoms with van der Waals surface area (Å²) in [5, 5.41) is 5.45. The summed E-state index contributed by atoms with van der Waals surface area (Å²) in [6, 6.07) is 15.1. The molecule has 5 aromatic rings. The van der Waals surface area contributed by atoms with Gasteiger partial charge in [-0.25, -0.2) is 4.98 Å². The van der Waals surface area contributed by atoms with Crippen LogP contribution in [0.15, 0.2) is 67.3 Å². The van der Waals surface area contributed by atoms with Gasteiger partial charge in [-0.3, -0.25) is 4.68 Å². The number of ether oxygens (including phenoxy) is 1. The lowest BCUT2D eigenvalue weighted by atomic mass is 10.1. The Bertz CT molecular complexity index is 1370. The van der Waals surface area contributed by atoms with E-state index in [1.54, 1.807) is 7.11 Å². The lowest BCUT2D eigenvalue weighted by Gasteiger charge is -2.07. The lowest BCUT2D eigenvalue weighted by Crippen LogP contribution is -2.00. The third kappa shape index (κ3) is 3.85. The number of hydrogen-bond acceptors (Lipinski definition) is 5. The number of rotatable bonds is 6. The standard InChI is InChI=1S/C25H24N6O/c1-16(2)31-15-19(13-28-31)18-10-21-22(14-27-24(21)26-12-18)23-11-20(29-25(30-23)32-3)9-17-7-5-4-6-8-17/h4-8,10-16H,9H2,1-3H3,(H,26,27). The minimum Gasteiger partial charge on any atom is -0.467 e. The van der Waals surface area contributed by atoms with Crippen LogP contribution in [0.25, 0.3) is 33.4 Å². The van der Waals surface area contributed by atoms with E-state index >= 15 is 0 Å². The van der Waals surface area contributed by atoms with Crippen LogP contribution < -0.4 is 4.74 Å². The first-order chi connectivity index (χ1) is 15.6. The topological polar surface area (TPSA) is 81.5 Å². The van der Waals surface area contributed by atoms with Crippen LogP contribution in [0.3, 0.4) is 0 Å². The number of aromatic nitrogens is 6. The molecule has 0 radical (unpaired) electrons. The zero-order valence-corrected chi connectivity index (χ0v) is 18.3. The van der Waals surface area contributed by atoms with Gasteiger partial charge in [0.1, 0.15) is 5.65 Å². The minimum atomic E-state index is 0.305. The molecule has 0 fully saturated rings. The van der Waals surface area contributed by atoms with Crippen LogP contribution in [0.2, 0.25) is 0 Å². The summed E-state index contributed by atoms with van der Waals surface area (Å²) < 4.78 is 7.35. The van der Waals surface area contributed by atoms with Crippen molar-refractivity contribution in [3.8, 4) is 28.4 Å². The average molecular weight is 425 g/mol. The summed E-state index contributed by atoms with van der Waals surface area (Å²) in [6.07, 6.45) is 8.43. The van der Waals surface area contributed by atoms with E-state index in [2.05, 4.69) is 57.1 Å². The zero-order chi connectivity index (χ0) is 22.1. The van der Waals surface area contributed by atoms with E-state index in [1.165, 1.54) is 5.56 Å². The van der Waals surface area contributed by atoms with E-state index < -0.39 is 0 Å². The van der Waals surface area contributed by atoms with Crippen LogP contribution in [0.4, 0.5) is 0 Å². The van der Waals surface area contributed by atoms with Crippen molar-refractivity contribution in [3.05, 3.63) is 78.5 Å². The van der Waals surface area contributed by atoms with Gasteiger partial charge in [0, 0.05) is 53.1 Å². The summed E-state index contributed by atoms with van der Waals surface area (Å²) in [4.78, 5) is 17.1. The number of benzene rings is 1. The Morgan fingerprint density at radius 2 is 1.88 bits per heavy atom. The van der Waals surface area contributed by atoms with E-state index in [4.69, 9.17) is 4.74 Å². The van der Waals surface area contributed by atoms with Crippen LogP contribution in [0, 0.1) is 0 Å². The number of nitrogens with zero attached hydrogens (tertiary/aromatic N) is 5. The first-order valence-corrected chi connectivity index (χ1v) is 10.6. The SMILES string of the molecule is COc1nc(Cc2ccccc2)cc(-c2c[nH]c3ncc(-c4cnn(C(C)C)c4)cc23)n1. The fraction of sp³-hybridized carbons (Fsp3) is 0.200. The van der Waals surface area contributed by atoms with E-state index in [0.717, 1.165) is 39.1 Å². The van der Waals surface area contributed by atoms with Crippen molar-refractivity contribution in [2.75, 3.05) is 7.11 Å². The van der Waals surface area contributed by atoms with Crippen LogP contribution in [-0.2, 0) is 6.42 Å². The molecule has 0 aliphatic rings. The molecule has 1 aromatic carbocycles. The highest BCUT2D eigenvalue weighted by Gasteiger charge is 2.14. The molecule has 0 unspecified atom stereocenters. The molecule has 0 aliphatic carbocycles. The zero-order valence-electron chi connectivity index (χ0n) is 18.3. The van der Waals surface area contributed by atoms with Gasteiger partial charge >= 0.3 is 6.01 Å². The fourth-order valence-electron chi connectivity index (χ4n) is 3.74. The van der Waals surface area contributed by atoms with Gasteiger partial charge in [-0.2, -0.15) is 15.1 Å². The summed E-state index contributed by atoms with van der Waals surface area (Å²) in [6.45, 7) is 4.22. The van der Waals surface area contributed by atoms with Gasteiger partial charge in [-0.05, 0) is 31.5 Å². The maximum absolute atomic E-state index is 5.40. The first-order valence-electron chi connectivity index (χ1n) is 10.6. The first kappa shape index (κ1) is 19.9. The van der Waals surface area contributed by atoms with Gasteiger partial charge < -0.3 is 9.72 Å². The second-order valence-corrected chi connectivity index (χ2v) is 8.02. The molecule has 0 spiro atoms. The molecular weight excluding hydrogens is 400 g/mol. The largest absolute Gasteiger partial charge is 0.467 e. The normalized spacial score (nSPS) is 11.4. The molecule has 1 N–H and O–H groups in total. The van der Waals surface area contributed by atoms with Crippen LogP contribution in [0.5, 0.6) is 6.01 Å². The van der Waals surface area contributed by atoms with Gasteiger partial charge in [-0.1, -0.05) is 30.3 Å². The van der Waals surface area contributed by atoms with Crippen molar-refractivity contribution in [2.24, 2.45) is 0 Å². The second-order valence-electron chi connectivity index (χ2n) is 8.02. The Hall–Kier alpha value is -4.00. The summed E-state index contributed by atoms with van der Waals surface area (Å²) >= 11 is 0. The molecule has 0 atom stereocenters. The Labute approximate surface area is 186 Å². The van der Waals surface area contributed by atoms with Crippen molar-refractivity contribution in [1.29, 1.82) is 0 Å². The molecule has 0 bridgehead atoms. The highest BCUT2D eigenvalue weighted by atomic mass is 16.5. The number of hydrogen-bond donors (Lipinski definition) is 1. The van der Waals surface area contributed by atoms with Crippen LogP contribution in [-0.4, -0.2) is 36.8 Å². The highest BCUT2D eigenvalue weighted by Crippen LogP contribution is 2.31. The maximum atomic E-state index is 5.40. The van der Waals surface area contributed by atoms with Gasteiger partial charge in [0.15, 0.2) is 0 Å². The number of fused-ring (bicyclic) bond motifs is 1. The third-order valence-electron chi connectivity index (χ3n) is 5.44. The molecule has 7 heteroatoms. The van der Waals surface area contributed by atoms with Crippen LogP contribution in [0.1, 0.15) is 31.1 Å². The fourth-order valence-corrected chi connectivity index (χ4v) is 3.74. The molecule has 7 nitrogen and oxygen atoms in total. The number of methoxy groups -OCH3 is 1. The molecule has 4 aromatic heterocycles. The Kier molecular flexibility index (Phi) is 5.15. The molecule has 4 heterocycles. The Morgan fingerprint density at radius 1 is 1.03 bits per heavy atom. The number of pyridine rings is 1. The highest BCUT2D eigenvalue weighted by molar-refractivity contribution is 5.94. The number of H-pyrrole nitrogens is 1. The van der Waals surface area contributed by atoms with E-state index in [1.807, 2.05) is 53.7 Å². The van der Waals surface area contributed by atoms with E-state index in [9.17, 15) is 0 Å². The van der Waals surface area contributed by atoms with Crippen LogP contribution >= 0.6 is 0 Å². The van der Waals surface area contributed by atoms with Crippen molar-refractivity contribution in [3.63, 3.8) is 0 Å². The average Bonchev–Trinajstić information content (AvgIpc) is 3.47. The minimum absolute atomic E-state index is 0.305. The van der Waals surface area contributed by atoms with Gasteiger partial charge in [0.05, 0.1) is 24.7 Å². The Balaban J connectivity index is 1.57. The quantitative estimate of drug-likeness (QED) is 0.412. The smallest absolute Gasteiger partial charge is 0.316 e. The predicted octanol–water partition coefficient (Wildman–Crippen LogP) is 5.06. The Morgan fingerprint density at radius 3 is 2.62 bits per heavy atom. The van der Waals surface area contributed by atoms with Gasteiger partial charge in [0.2, 0.25) is 0 Å². The second kappa shape index (κ2) is 8.26. The molecule has 0 saturated heterocycles. The van der Waals surface area contributed by atoms with Gasteiger partial charge in [0.25, 0.3) is 0 Å². The molecular formula is C25H24N6O. The number of aromatic amines is 1.